The van der Waals surface area contributed by atoms with Crippen LogP contribution in [0.4, 0.5) is 34.1 Å². The molecular weight excluding hydrogens is 560 g/mol. The van der Waals surface area contributed by atoms with Crippen LogP contribution >= 0.6 is 0 Å². The van der Waals surface area contributed by atoms with Crippen LogP contribution in [0.25, 0.3) is 32.3 Å². The van der Waals surface area contributed by atoms with Crippen molar-refractivity contribution in [2.45, 2.75) is 0 Å². The van der Waals surface area contributed by atoms with E-state index in [1.54, 1.807) is 0 Å². The molecule has 8 aromatic rings. The maximum atomic E-state index is 10.7. The van der Waals surface area contributed by atoms with E-state index in [1.807, 2.05) is 72.8 Å². The van der Waals surface area contributed by atoms with Crippen molar-refractivity contribution >= 4 is 66.4 Å². The lowest BCUT2D eigenvalue weighted by Gasteiger charge is -2.29. The molecule has 0 aliphatic rings. The minimum atomic E-state index is 0.590. The molecule has 0 fully saturated rings. The fourth-order valence-electron chi connectivity index (χ4n) is 6.67. The number of hydrogen-bond donors (Lipinski definition) is 0. The highest BCUT2D eigenvalue weighted by atomic mass is 15.1. The number of para-hydroxylation sites is 4. The Kier molecular flexibility index (Phi) is 6.53. The van der Waals surface area contributed by atoms with Gasteiger partial charge in [0.05, 0.1) is 22.5 Å². The normalized spacial score (nSPS) is 11.0. The topological polar surface area (TPSA) is 54.1 Å². The molecule has 46 heavy (non-hydrogen) atoms. The van der Waals surface area contributed by atoms with Crippen molar-refractivity contribution in [3.05, 3.63) is 169 Å². The SMILES string of the molecule is N#Cc1c(N(c2ccccc2)c2ccccc2)cc2ccc3c(C#N)c(N(c4ccccc4)c4ccccc4)cc4ccc1c2c43. The number of nitriles is 2. The number of hydrogen-bond acceptors (Lipinski definition) is 4. The number of nitrogens with zero attached hydrogens (tertiary/aromatic N) is 4. The molecule has 0 radical (unpaired) electrons. The van der Waals surface area contributed by atoms with Crippen LogP contribution in [0.1, 0.15) is 11.1 Å². The Morgan fingerprint density at radius 1 is 0.370 bits per heavy atom. The summed E-state index contributed by atoms with van der Waals surface area (Å²) < 4.78 is 0. The molecular formula is C42H26N4. The van der Waals surface area contributed by atoms with Gasteiger partial charge < -0.3 is 9.80 Å². The van der Waals surface area contributed by atoms with Crippen molar-refractivity contribution in [2.75, 3.05) is 9.80 Å². The molecule has 0 heterocycles. The van der Waals surface area contributed by atoms with Gasteiger partial charge in [-0.1, -0.05) is 97.1 Å². The average molecular weight is 587 g/mol. The molecule has 0 spiro atoms. The van der Waals surface area contributed by atoms with Gasteiger partial charge in [0.15, 0.2) is 0 Å². The fourth-order valence-corrected chi connectivity index (χ4v) is 6.67. The molecule has 0 aliphatic carbocycles. The van der Waals surface area contributed by atoms with E-state index >= 15 is 0 Å². The van der Waals surface area contributed by atoms with Gasteiger partial charge in [0.1, 0.15) is 12.1 Å². The monoisotopic (exact) mass is 586 g/mol. The second-order valence-corrected chi connectivity index (χ2v) is 11.2. The lowest BCUT2D eigenvalue weighted by molar-refractivity contribution is 1.28. The highest BCUT2D eigenvalue weighted by Crippen LogP contribution is 2.47. The van der Waals surface area contributed by atoms with Crippen LogP contribution in [0.3, 0.4) is 0 Å². The van der Waals surface area contributed by atoms with Crippen molar-refractivity contribution in [1.82, 2.24) is 0 Å². The first-order valence-corrected chi connectivity index (χ1v) is 15.2. The summed E-state index contributed by atoms with van der Waals surface area (Å²) in [6.45, 7) is 0. The molecule has 4 heteroatoms. The van der Waals surface area contributed by atoms with E-state index in [9.17, 15) is 10.5 Å². The van der Waals surface area contributed by atoms with E-state index in [1.165, 1.54) is 0 Å². The summed E-state index contributed by atoms with van der Waals surface area (Å²) in [4.78, 5) is 4.28. The van der Waals surface area contributed by atoms with E-state index in [0.717, 1.165) is 66.4 Å². The second-order valence-electron chi connectivity index (χ2n) is 11.2. The zero-order chi connectivity index (χ0) is 31.0. The Labute approximate surface area is 267 Å². The molecule has 0 aliphatic heterocycles. The number of rotatable bonds is 6. The largest absolute Gasteiger partial charge is 0.309 e. The van der Waals surface area contributed by atoms with Crippen molar-refractivity contribution < 1.29 is 0 Å². The maximum absolute atomic E-state index is 10.7. The molecule has 0 atom stereocenters. The van der Waals surface area contributed by atoms with Crippen LogP contribution < -0.4 is 9.80 Å². The minimum absolute atomic E-state index is 0.590. The van der Waals surface area contributed by atoms with E-state index in [0.29, 0.717) is 11.1 Å². The summed E-state index contributed by atoms with van der Waals surface area (Å²) in [5.74, 6) is 0. The number of anilines is 6. The summed E-state index contributed by atoms with van der Waals surface area (Å²) in [5.41, 5.74) is 6.68. The van der Waals surface area contributed by atoms with Crippen LogP contribution in [-0.2, 0) is 0 Å². The molecule has 0 N–H and O–H groups in total. The smallest absolute Gasteiger partial charge is 0.102 e. The third kappa shape index (κ3) is 4.29. The highest BCUT2D eigenvalue weighted by molar-refractivity contribution is 6.27. The quantitative estimate of drug-likeness (QED) is 0.182. The van der Waals surface area contributed by atoms with Crippen molar-refractivity contribution in [3.8, 4) is 12.1 Å². The zero-order valence-electron chi connectivity index (χ0n) is 24.8. The molecule has 0 saturated carbocycles. The van der Waals surface area contributed by atoms with Gasteiger partial charge in [-0.3, -0.25) is 0 Å². The Hall–Kier alpha value is -6.62. The molecule has 0 unspecified atom stereocenters. The highest BCUT2D eigenvalue weighted by Gasteiger charge is 2.24. The minimum Gasteiger partial charge on any atom is -0.309 e. The van der Waals surface area contributed by atoms with Gasteiger partial charge in [0.2, 0.25) is 0 Å². The predicted molar refractivity (Wildman–Crippen MR) is 189 cm³/mol. The summed E-state index contributed by atoms with van der Waals surface area (Å²) >= 11 is 0. The van der Waals surface area contributed by atoms with Gasteiger partial charge >= 0.3 is 0 Å². The summed E-state index contributed by atoms with van der Waals surface area (Å²) in [7, 11) is 0. The third-order valence-corrected chi connectivity index (χ3v) is 8.62. The summed E-state index contributed by atoms with van der Waals surface area (Å²) in [6, 6.07) is 58.2. The Morgan fingerprint density at radius 3 is 0.957 bits per heavy atom. The Morgan fingerprint density at radius 2 is 0.674 bits per heavy atom. The van der Waals surface area contributed by atoms with Crippen LogP contribution in [-0.4, -0.2) is 0 Å². The maximum Gasteiger partial charge on any atom is 0.102 e. The van der Waals surface area contributed by atoms with Crippen LogP contribution in [0.5, 0.6) is 0 Å². The molecule has 0 bridgehead atoms. The molecule has 214 valence electrons. The van der Waals surface area contributed by atoms with E-state index in [4.69, 9.17) is 0 Å². The first kappa shape index (κ1) is 27.0. The first-order valence-electron chi connectivity index (χ1n) is 15.2. The van der Waals surface area contributed by atoms with Gasteiger partial charge in [-0.25, -0.2) is 0 Å². The summed E-state index contributed by atoms with van der Waals surface area (Å²) in [6.07, 6.45) is 0. The van der Waals surface area contributed by atoms with Gasteiger partial charge in [0.25, 0.3) is 0 Å². The van der Waals surface area contributed by atoms with E-state index in [-0.39, 0.29) is 0 Å². The van der Waals surface area contributed by atoms with Crippen molar-refractivity contribution in [1.29, 1.82) is 10.5 Å². The fraction of sp³-hybridized carbons (Fsp3) is 0. The molecule has 0 amide bonds. The lowest BCUT2D eigenvalue weighted by Crippen LogP contribution is -2.12. The standard InChI is InChI=1S/C42H26N4/c43-27-37-35-23-22-30-26-40(46(33-17-9-3-10-18-33)34-19-11-4-12-20-34)38(28-44)36-24-21-29(41(35)42(30)36)25-39(37)45(31-13-5-1-6-14-31)32-15-7-2-8-16-32/h1-26H. The number of benzene rings is 8. The van der Waals surface area contributed by atoms with E-state index < -0.39 is 0 Å². The van der Waals surface area contributed by atoms with Gasteiger partial charge in [-0.2, -0.15) is 10.5 Å². The lowest BCUT2D eigenvalue weighted by atomic mass is 9.88. The Bertz CT molecular complexity index is 2170. The van der Waals surface area contributed by atoms with Gasteiger partial charge in [-0.05, 0) is 82.2 Å². The van der Waals surface area contributed by atoms with Crippen LogP contribution in [0.2, 0.25) is 0 Å². The zero-order valence-corrected chi connectivity index (χ0v) is 24.8. The second kappa shape index (κ2) is 11.1. The molecule has 0 aromatic heterocycles. The molecule has 8 aromatic carbocycles. The summed E-state index contributed by atoms with van der Waals surface area (Å²) in [5, 5.41) is 27.2. The van der Waals surface area contributed by atoms with Crippen molar-refractivity contribution in [2.24, 2.45) is 0 Å². The predicted octanol–water partition coefficient (Wildman–Crippen LogP) is 11.3. The van der Waals surface area contributed by atoms with Crippen LogP contribution in [0, 0.1) is 22.7 Å². The molecule has 4 nitrogen and oxygen atoms in total. The van der Waals surface area contributed by atoms with Crippen molar-refractivity contribution in [3.63, 3.8) is 0 Å². The first-order chi connectivity index (χ1) is 22.8. The van der Waals surface area contributed by atoms with Crippen LogP contribution in [0.15, 0.2) is 158 Å². The Balaban J connectivity index is 1.42. The average Bonchev–Trinajstić information content (AvgIpc) is 3.12. The van der Waals surface area contributed by atoms with Gasteiger partial charge in [0, 0.05) is 33.5 Å². The molecule has 8 rings (SSSR count). The van der Waals surface area contributed by atoms with E-state index in [2.05, 4.69) is 107 Å². The molecule has 0 saturated heterocycles. The third-order valence-electron chi connectivity index (χ3n) is 8.62. The van der Waals surface area contributed by atoms with Gasteiger partial charge in [-0.15, -0.1) is 0 Å².